The first-order chi connectivity index (χ1) is 17.4. The molecule has 1 amide bonds. The van der Waals surface area contributed by atoms with E-state index in [4.69, 9.17) is 31.9 Å². The van der Waals surface area contributed by atoms with Gasteiger partial charge < -0.3 is 25.3 Å². The second kappa shape index (κ2) is 10.3. The molecule has 2 unspecified atom stereocenters. The van der Waals surface area contributed by atoms with E-state index in [1.165, 1.54) is 5.56 Å². The number of aromatic nitrogens is 1. The summed E-state index contributed by atoms with van der Waals surface area (Å²) < 4.78 is 11.6. The predicted octanol–water partition coefficient (Wildman–Crippen LogP) is 5.75. The number of aromatic amines is 1. The number of aliphatic hydroxyl groups excluding tert-OH is 1. The molecule has 3 aromatic rings. The van der Waals surface area contributed by atoms with E-state index in [0.29, 0.717) is 42.5 Å². The summed E-state index contributed by atoms with van der Waals surface area (Å²) in [4.78, 5) is 18.8. The first-order valence-corrected chi connectivity index (χ1v) is 12.6. The Morgan fingerprint density at radius 1 is 1.22 bits per heavy atom. The van der Waals surface area contributed by atoms with Gasteiger partial charge in [0, 0.05) is 53.3 Å². The van der Waals surface area contributed by atoms with Gasteiger partial charge in [-0.25, -0.2) is 4.79 Å². The molecule has 0 spiro atoms. The number of ether oxygens (including phenoxy) is 2. The van der Waals surface area contributed by atoms with Crippen LogP contribution in [0, 0.1) is 5.92 Å². The summed E-state index contributed by atoms with van der Waals surface area (Å²) in [5, 5.41) is 10.8. The van der Waals surface area contributed by atoms with Crippen molar-refractivity contribution in [1.82, 2.24) is 9.88 Å². The number of benzene rings is 2. The molecule has 7 nitrogen and oxygen atoms in total. The number of nitrogens with one attached hydrogen (secondary N) is 1. The Hall–Kier alpha value is -3.42. The van der Waals surface area contributed by atoms with E-state index in [2.05, 4.69) is 18.0 Å². The molecular weight excluding hydrogens is 478 g/mol. The number of nitrogen functional groups attached to an aromatic ring is 1. The molecule has 1 aliphatic carbocycles. The van der Waals surface area contributed by atoms with Crippen LogP contribution in [0.25, 0.3) is 10.9 Å². The fourth-order valence-corrected chi connectivity index (χ4v) is 5.25. The summed E-state index contributed by atoms with van der Waals surface area (Å²) in [6, 6.07) is 12.3. The number of aliphatic hydroxyl groups is 1. The summed E-state index contributed by atoms with van der Waals surface area (Å²) in [6.45, 7) is 3.24. The number of hydrogen-bond acceptors (Lipinski definition) is 5. The number of carbonyl (C=O) groups excluding carboxylic acids is 1. The average Bonchev–Trinajstić information content (AvgIpc) is 3.23. The molecule has 4 N–H and O–H groups in total. The van der Waals surface area contributed by atoms with Gasteiger partial charge in [0.05, 0.1) is 18.4 Å². The highest BCUT2D eigenvalue weighted by Gasteiger charge is 2.39. The maximum Gasteiger partial charge on any atom is 0.416 e. The zero-order valence-electron chi connectivity index (χ0n) is 20.2. The zero-order valence-corrected chi connectivity index (χ0v) is 20.9. The minimum atomic E-state index is -0.408. The summed E-state index contributed by atoms with van der Waals surface area (Å²) >= 11 is 6.32. The summed E-state index contributed by atoms with van der Waals surface area (Å²) in [5.74, 6) is 1.47. The lowest BCUT2D eigenvalue weighted by Gasteiger charge is -2.39. The lowest BCUT2D eigenvalue weighted by Crippen LogP contribution is -2.43. The Kier molecular flexibility index (Phi) is 6.94. The number of nitrogens with zero attached hydrogens (tertiary/aromatic N) is 1. The zero-order chi connectivity index (χ0) is 25.2. The monoisotopic (exact) mass is 507 g/mol. The Bertz CT molecular complexity index is 1330. The first-order valence-electron chi connectivity index (χ1n) is 12.2. The van der Waals surface area contributed by atoms with Gasteiger partial charge in [0.15, 0.2) is 0 Å². The van der Waals surface area contributed by atoms with Crippen LogP contribution in [-0.4, -0.2) is 40.8 Å². The van der Waals surface area contributed by atoms with Gasteiger partial charge >= 0.3 is 6.09 Å². The largest absolute Gasteiger partial charge is 0.498 e. The third-order valence-corrected chi connectivity index (χ3v) is 7.09. The maximum atomic E-state index is 13.5. The maximum absolute atomic E-state index is 13.5. The topological polar surface area (TPSA) is 101 Å². The molecule has 8 heteroatoms. The molecule has 0 saturated carbocycles. The van der Waals surface area contributed by atoms with Crippen LogP contribution in [0.2, 0.25) is 5.02 Å². The second-order valence-electron chi connectivity index (χ2n) is 9.32. The van der Waals surface area contributed by atoms with Crippen molar-refractivity contribution in [3.63, 3.8) is 0 Å². The van der Waals surface area contributed by atoms with Crippen LogP contribution in [0.1, 0.15) is 37.1 Å². The smallest absolute Gasteiger partial charge is 0.416 e. The normalized spacial score (nSPS) is 19.5. The number of carbonyl (C=O) groups is 1. The average molecular weight is 508 g/mol. The summed E-state index contributed by atoms with van der Waals surface area (Å²) in [7, 11) is 0. The molecule has 188 valence electrons. The van der Waals surface area contributed by atoms with Gasteiger partial charge in [-0.05, 0) is 72.0 Å². The third-order valence-electron chi connectivity index (χ3n) is 6.85. The van der Waals surface area contributed by atoms with Crippen LogP contribution in [-0.2, 0) is 11.2 Å². The van der Waals surface area contributed by atoms with Crippen molar-refractivity contribution < 1.29 is 19.4 Å². The minimum absolute atomic E-state index is 0.101. The van der Waals surface area contributed by atoms with E-state index in [9.17, 15) is 4.79 Å². The standard InChI is InChI=1S/C28H30ClN3O4/c1-17-15-21(35-14-2-13-33)8-9-22(17)27-26-23(24-16-18(29)3-10-25(24)31-26)11-12-32(27)28(34)36-20-6-4-19(30)5-7-20/h3-10,16-17,27,31,33H,2,11-15,30H2,1H3. The number of rotatable bonds is 6. The van der Waals surface area contributed by atoms with Gasteiger partial charge in [-0.3, -0.25) is 4.90 Å². The highest BCUT2D eigenvalue weighted by Crippen LogP contribution is 2.44. The fourth-order valence-electron chi connectivity index (χ4n) is 5.08. The van der Waals surface area contributed by atoms with Gasteiger partial charge in [0.2, 0.25) is 0 Å². The van der Waals surface area contributed by atoms with Gasteiger partial charge in [0.1, 0.15) is 5.75 Å². The molecule has 2 heterocycles. The van der Waals surface area contributed by atoms with Crippen molar-refractivity contribution in [3.8, 4) is 5.75 Å². The Morgan fingerprint density at radius 3 is 2.78 bits per heavy atom. The quantitative estimate of drug-likeness (QED) is 0.291. The fraction of sp³-hybridized carbons (Fsp3) is 0.321. The molecule has 1 aliphatic heterocycles. The van der Waals surface area contributed by atoms with Crippen LogP contribution in [0.15, 0.2) is 65.9 Å². The van der Waals surface area contributed by atoms with Crippen molar-refractivity contribution >= 4 is 34.3 Å². The van der Waals surface area contributed by atoms with Crippen LogP contribution in [0.5, 0.6) is 5.75 Å². The van der Waals surface area contributed by atoms with E-state index in [-0.39, 0.29) is 18.6 Å². The molecule has 5 rings (SSSR count). The highest BCUT2D eigenvalue weighted by atomic mass is 35.5. The Morgan fingerprint density at radius 2 is 2.03 bits per heavy atom. The van der Waals surface area contributed by atoms with E-state index in [1.54, 1.807) is 29.2 Å². The molecule has 36 heavy (non-hydrogen) atoms. The van der Waals surface area contributed by atoms with Crippen molar-refractivity contribution in [2.75, 3.05) is 25.5 Å². The van der Waals surface area contributed by atoms with E-state index < -0.39 is 6.09 Å². The number of fused-ring (bicyclic) bond motifs is 3. The molecule has 0 bridgehead atoms. The molecule has 2 aliphatic rings. The van der Waals surface area contributed by atoms with Gasteiger partial charge in [-0.15, -0.1) is 0 Å². The van der Waals surface area contributed by atoms with Crippen LogP contribution >= 0.6 is 11.6 Å². The number of halogens is 1. The van der Waals surface area contributed by atoms with Gasteiger partial charge in [-0.1, -0.05) is 24.6 Å². The first kappa shape index (κ1) is 24.3. The lowest BCUT2D eigenvalue weighted by molar-refractivity contribution is 0.129. The van der Waals surface area contributed by atoms with Crippen molar-refractivity contribution in [2.45, 2.75) is 32.2 Å². The lowest BCUT2D eigenvalue weighted by atomic mass is 9.82. The van der Waals surface area contributed by atoms with Crippen molar-refractivity contribution in [2.24, 2.45) is 5.92 Å². The van der Waals surface area contributed by atoms with Crippen LogP contribution < -0.4 is 10.5 Å². The van der Waals surface area contributed by atoms with Crippen molar-refractivity contribution in [1.29, 1.82) is 0 Å². The summed E-state index contributed by atoms with van der Waals surface area (Å²) in [6.07, 6.45) is 5.63. The Labute approximate surface area is 215 Å². The van der Waals surface area contributed by atoms with E-state index in [1.807, 2.05) is 24.3 Å². The molecule has 2 aromatic carbocycles. The summed E-state index contributed by atoms with van der Waals surface area (Å²) in [5.41, 5.74) is 10.7. The number of allylic oxidation sites excluding steroid dienone is 3. The SMILES string of the molecule is CC1CC(OCCCO)=CC=C1C1c2[nH]c3ccc(Cl)cc3c2CCN1C(=O)Oc1ccc(N)cc1. The predicted molar refractivity (Wildman–Crippen MR) is 141 cm³/mol. The van der Waals surface area contributed by atoms with Crippen molar-refractivity contribution in [3.05, 3.63) is 82.2 Å². The number of anilines is 1. The molecule has 0 radical (unpaired) electrons. The van der Waals surface area contributed by atoms with Gasteiger partial charge in [0.25, 0.3) is 0 Å². The molecule has 0 fully saturated rings. The van der Waals surface area contributed by atoms with E-state index in [0.717, 1.165) is 34.3 Å². The molecule has 1 aromatic heterocycles. The highest BCUT2D eigenvalue weighted by molar-refractivity contribution is 6.31. The number of H-pyrrole nitrogens is 1. The van der Waals surface area contributed by atoms with E-state index >= 15 is 0 Å². The second-order valence-corrected chi connectivity index (χ2v) is 9.76. The van der Waals surface area contributed by atoms with Gasteiger partial charge in [-0.2, -0.15) is 0 Å². The minimum Gasteiger partial charge on any atom is -0.498 e. The molecule has 2 atom stereocenters. The number of hydrogen-bond donors (Lipinski definition) is 3. The molecule has 0 saturated heterocycles. The number of amides is 1. The van der Waals surface area contributed by atoms with Crippen LogP contribution in [0.4, 0.5) is 10.5 Å². The Balaban J connectivity index is 1.52. The molecular formula is C28H30ClN3O4. The van der Waals surface area contributed by atoms with Crippen LogP contribution in [0.3, 0.4) is 0 Å². The third kappa shape index (κ3) is 4.81. The number of nitrogens with two attached hydrogens (primary N) is 1.